The van der Waals surface area contributed by atoms with Crippen LogP contribution < -0.4 is 10.6 Å². The van der Waals surface area contributed by atoms with Gasteiger partial charge in [0.05, 0.1) is 10.7 Å². The van der Waals surface area contributed by atoms with Gasteiger partial charge >= 0.3 is 0 Å². The molecule has 21 heavy (non-hydrogen) atoms. The lowest BCUT2D eigenvalue weighted by Gasteiger charge is -2.10. The number of halogens is 2. The number of benzene rings is 2. The average molecular weight is 323 g/mol. The fourth-order valence-corrected chi connectivity index (χ4v) is 2.32. The van der Waals surface area contributed by atoms with Gasteiger partial charge in [0.15, 0.2) is 0 Å². The van der Waals surface area contributed by atoms with Gasteiger partial charge in [0, 0.05) is 23.7 Å². The highest BCUT2D eigenvalue weighted by Gasteiger charge is 2.05. The van der Waals surface area contributed by atoms with E-state index in [9.17, 15) is 4.79 Å². The van der Waals surface area contributed by atoms with E-state index in [1.165, 1.54) is 0 Å². The van der Waals surface area contributed by atoms with Crippen molar-refractivity contribution in [1.29, 1.82) is 0 Å². The first-order valence-electron chi connectivity index (χ1n) is 6.60. The van der Waals surface area contributed by atoms with E-state index in [2.05, 4.69) is 10.6 Å². The Labute approximate surface area is 134 Å². The molecule has 0 heterocycles. The number of amides is 1. The van der Waals surface area contributed by atoms with Crippen LogP contribution in [0.1, 0.15) is 12.0 Å². The van der Waals surface area contributed by atoms with Gasteiger partial charge in [0.1, 0.15) is 0 Å². The van der Waals surface area contributed by atoms with Crippen LogP contribution in [0.4, 0.5) is 11.4 Å². The third kappa shape index (κ3) is 4.66. The predicted molar refractivity (Wildman–Crippen MR) is 89.4 cm³/mol. The van der Waals surface area contributed by atoms with Crippen LogP contribution in [0.5, 0.6) is 0 Å². The van der Waals surface area contributed by atoms with Gasteiger partial charge in [-0.05, 0) is 42.8 Å². The highest BCUT2D eigenvalue weighted by atomic mass is 35.5. The van der Waals surface area contributed by atoms with Crippen LogP contribution in [0.25, 0.3) is 0 Å². The fourth-order valence-electron chi connectivity index (χ4n) is 1.91. The van der Waals surface area contributed by atoms with Gasteiger partial charge in [-0.2, -0.15) is 0 Å². The number of carbonyl (C=O) groups excluding carboxylic acids is 1. The summed E-state index contributed by atoms with van der Waals surface area (Å²) in [6.07, 6.45) is 0.354. The Morgan fingerprint density at radius 1 is 1.10 bits per heavy atom. The number of rotatable bonds is 5. The topological polar surface area (TPSA) is 41.1 Å². The van der Waals surface area contributed by atoms with E-state index >= 15 is 0 Å². The number of aryl methyl sites for hydroxylation is 1. The molecule has 0 unspecified atom stereocenters. The maximum atomic E-state index is 11.9. The second-order valence-electron chi connectivity index (χ2n) is 4.66. The molecule has 0 bridgehead atoms. The van der Waals surface area contributed by atoms with Gasteiger partial charge in [-0.15, -0.1) is 0 Å². The normalized spacial score (nSPS) is 10.2. The van der Waals surface area contributed by atoms with Gasteiger partial charge in [0.2, 0.25) is 5.91 Å². The molecule has 0 saturated carbocycles. The third-order valence-electron chi connectivity index (χ3n) is 3.00. The van der Waals surface area contributed by atoms with Crippen LogP contribution in [0, 0.1) is 6.92 Å². The van der Waals surface area contributed by atoms with Gasteiger partial charge in [-0.1, -0.05) is 35.3 Å². The van der Waals surface area contributed by atoms with Crippen LogP contribution in [0.2, 0.25) is 10.0 Å². The van der Waals surface area contributed by atoms with Crippen molar-refractivity contribution in [2.24, 2.45) is 0 Å². The van der Waals surface area contributed by atoms with Crippen molar-refractivity contribution in [3.05, 3.63) is 58.1 Å². The fraction of sp³-hybridized carbons (Fsp3) is 0.188. The molecular formula is C16H16Cl2N2O. The molecule has 0 saturated heterocycles. The van der Waals surface area contributed by atoms with Gasteiger partial charge in [-0.3, -0.25) is 4.79 Å². The molecule has 0 fully saturated rings. The quantitative estimate of drug-likeness (QED) is 0.834. The number of carbonyl (C=O) groups is 1. The number of anilines is 2. The van der Waals surface area contributed by atoms with Gasteiger partial charge < -0.3 is 10.6 Å². The zero-order chi connectivity index (χ0) is 15.2. The largest absolute Gasteiger partial charge is 0.384 e. The van der Waals surface area contributed by atoms with E-state index in [-0.39, 0.29) is 5.91 Å². The van der Waals surface area contributed by atoms with Crippen LogP contribution in [0.15, 0.2) is 42.5 Å². The standard InChI is InChI=1S/C16H16Cl2N2O/c1-11-10-12(17)6-7-14(11)19-9-8-16(21)20-15-5-3-2-4-13(15)18/h2-7,10,19H,8-9H2,1H3,(H,20,21). The van der Waals surface area contributed by atoms with Crippen LogP contribution >= 0.6 is 23.2 Å². The number of nitrogens with one attached hydrogen (secondary N) is 2. The lowest BCUT2D eigenvalue weighted by molar-refractivity contribution is -0.115. The second kappa shape index (κ2) is 7.34. The lowest BCUT2D eigenvalue weighted by atomic mass is 10.2. The summed E-state index contributed by atoms with van der Waals surface area (Å²) < 4.78 is 0. The molecule has 2 aromatic rings. The number of para-hydroxylation sites is 1. The van der Waals surface area contributed by atoms with E-state index < -0.39 is 0 Å². The molecule has 1 amide bonds. The summed E-state index contributed by atoms with van der Waals surface area (Å²) >= 11 is 11.9. The summed E-state index contributed by atoms with van der Waals surface area (Å²) in [5, 5.41) is 7.25. The minimum Gasteiger partial charge on any atom is -0.384 e. The summed E-state index contributed by atoms with van der Waals surface area (Å²) in [4.78, 5) is 11.9. The van der Waals surface area contributed by atoms with Crippen LogP contribution in [-0.2, 0) is 4.79 Å². The zero-order valence-corrected chi connectivity index (χ0v) is 13.1. The summed E-state index contributed by atoms with van der Waals surface area (Å²) in [6, 6.07) is 12.8. The Balaban J connectivity index is 1.83. The average Bonchev–Trinajstić information content (AvgIpc) is 2.44. The highest BCUT2D eigenvalue weighted by Crippen LogP contribution is 2.21. The Kier molecular flexibility index (Phi) is 5.48. The first-order chi connectivity index (χ1) is 10.1. The Bertz CT molecular complexity index is 644. The van der Waals surface area contributed by atoms with E-state index in [0.717, 1.165) is 11.3 Å². The monoisotopic (exact) mass is 322 g/mol. The summed E-state index contributed by atoms with van der Waals surface area (Å²) in [6.45, 7) is 2.51. The van der Waals surface area contributed by atoms with E-state index in [0.29, 0.717) is 28.7 Å². The molecule has 0 aliphatic rings. The molecule has 3 nitrogen and oxygen atoms in total. The Hall–Kier alpha value is -1.71. The van der Waals surface area contributed by atoms with Crippen LogP contribution in [0.3, 0.4) is 0 Å². The smallest absolute Gasteiger partial charge is 0.226 e. The maximum Gasteiger partial charge on any atom is 0.226 e. The van der Waals surface area contributed by atoms with Crippen molar-refractivity contribution in [2.75, 3.05) is 17.2 Å². The van der Waals surface area contributed by atoms with E-state index in [1.54, 1.807) is 12.1 Å². The minimum atomic E-state index is -0.0813. The summed E-state index contributed by atoms with van der Waals surface area (Å²) in [5.41, 5.74) is 2.66. The first-order valence-corrected chi connectivity index (χ1v) is 7.36. The zero-order valence-electron chi connectivity index (χ0n) is 11.6. The molecule has 0 aliphatic carbocycles. The second-order valence-corrected chi connectivity index (χ2v) is 5.51. The van der Waals surface area contributed by atoms with Gasteiger partial charge in [0.25, 0.3) is 0 Å². The molecule has 2 aromatic carbocycles. The SMILES string of the molecule is Cc1cc(Cl)ccc1NCCC(=O)Nc1ccccc1Cl. The molecule has 5 heteroatoms. The van der Waals surface area contributed by atoms with E-state index in [4.69, 9.17) is 23.2 Å². The Morgan fingerprint density at radius 3 is 2.57 bits per heavy atom. The van der Waals surface area contributed by atoms with Crippen molar-refractivity contribution >= 4 is 40.5 Å². The molecule has 0 atom stereocenters. The van der Waals surface area contributed by atoms with Crippen molar-refractivity contribution in [1.82, 2.24) is 0 Å². The van der Waals surface area contributed by atoms with E-state index in [1.807, 2.05) is 37.3 Å². The van der Waals surface area contributed by atoms with Crippen LogP contribution in [-0.4, -0.2) is 12.5 Å². The lowest BCUT2D eigenvalue weighted by Crippen LogP contribution is -2.16. The van der Waals surface area contributed by atoms with Gasteiger partial charge in [-0.25, -0.2) is 0 Å². The molecule has 0 aromatic heterocycles. The first kappa shape index (κ1) is 15.7. The van der Waals surface area contributed by atoms with Crippen molar-refractivity contribution in [3.63, 3.8) is 0 Å². The molecule has 2 N–H and O–H groups in total. The molecule has 0 radical (unpaired) electrons. The molecule has 110 valence electrons. The van der Waals surface area contributed by atoms with Crippen molar-refractivity contribution < 1.29 is 4.79 Å². The highest BCUT2D eigenvalue weighted by molar-refractivity contribution is 6.33. The molecule has 0 spiro atoms. The minimum absolute atomic E-state index is 0.0813. The molecule has 0 aliphatic heterocycles. The Morgan fingerprint density at radius 2 is 1.86 bits per heavy atom. The molecule has 2 rings (SSSR count). The molecular weight excluding hydrogens is 307 g/mol. The summed E-state index contributed by atoms with van der Waals surface area (Å²) in [5.74, 6) is -0.0813. The number of hydrogen-bond donors (Lipinski definition) is 2. The predicted octanol–water partition coefficient (Wildman–Crippen LogP) is 4.74. The number of hydrogen-bond acceptors (Lipinski definition) is 2. The summed E-state index contributed by atoms with van der Waals surface area (Å²) in [7, 11) is 0. The third-order valence-corrected chi connectivity index (χ3v) is 3.57. The van der Waals surface area contributed by atoms with Crippen molar-refractivity contribution in [2.45, 2.75) is 13.3 Å². The maximum absolute atomic E-state index is 11.9. The van der Waals surface area contributed by atoms with Crippen molar-refractivity contribution in [3.8, 4) is 0 Å².